The van der Waals surface area contributed by atoms with E-state index in [0.717, 1.165) is 5.56 Å². The van der Waals surface area contributed by atoms with E-state index in [0.29, 0.717) is 18.7 Å². The number of nitro groups is 1. The van der Waals surface area contributed by atoms with Gasteiger partial charge in [-0.1, -0.05) is 6.08 Å². The van der Waals surface area contributed by atoms with Crippen LogP contribution in [0, 0.1) is 17.0 Å². The number of aromatic nitrogens is 1. The zero-order valence-electron chi connectivity index (χ0n) is 10.3. The summed E-state index contributed by atoms with van der Waals surface area (Å²) in [7, 11) is 0. The fourth-order valence-electron chi connectivity index (χ4n) is 1.37. The Kier molecular flexibility index (Phi) is 4.98. The molecule has 0 unspecified atom stereocenters. The Morgan fingerprint density at radius 3 is 2.89 bits per heavy atom. The number of nitrogens with one attached hydrogen (secondary N) is 1. The molecule has 18 heavy (non-hydrogen) atoms. The minimum atomic E-state index is -0.468. The first-order chi connectivity index (χ1) is 8.50. The Balaban J connectivity index is 2.59. The third kappa shape index (κ3) is 4.32. The number of hydrogen-bond donors (Lipinski definition) is 1. The van der Waals surface area contributed by atoms with Crippen molar-refractivity contribution in [2.24, 2.45) is 0 Å². The molecule has 0 saturated heterocycles. The predicted octanol–water partition coefficient (Wildman–Crippen LogP) is 1.84. The van der Waals surface area contributed by atoms with Crippen LogP contribution in [0.4, 0.5) is 5.69 Å². The molecule has 0 aliphatic heterocycles. The second kappa shape index (κ2) is 6.48. The quantitative estimate of drug-likeness (QED) is 0.490. The summed E-state index contributed by atoms with van der Waals surface area (Å²) in [6, 6.07) is 1.49. The SMILES string of the molecule is CC(=O)NCCC=Cc1ncc([N+](=O)[O-])cc1C. The van der Waals surface area contributed by atoms with Crippen LogP contribution in [0.3, 0.4) is 0 Å². The Morgan fingerprint density at radius 2 is 2.33 bits per heavy atom. The van der Waals surface area contributed by atoms with Crippen LogP contribution in [0.25, 0.3) is 6.08 Å². The molecule has 6 heteroatoms. The molecule has 6 nitrogen and oxygen atoms in total. The van der Waals surface area contributed by atoms with Crippen molar-refractivity contribution in [1.82, 2.24) is 10.3 Å². The molecule has 0 bridgehead atoms. The minimum absolute atomic E-state index is 0.0112. The molecule has 96 valence electrons. The molecule has 1 heterocycles. The number of carbonyl (C=O) groups excluding carboxylic acids is 1. The molecular weight excluding hydrogens is 234 g/mol. The minimum Gasteiger partial charge on any atom is -0.356 e. The van der Waals surface area contributed by atoms with E-state index < -0.39 is 4.92 Å². The predicted molar refractivity (Wildman–Crippen MR) is 68.0 cm³/mol. The molecule has 0 saturated carbocycles. The largest absolute Gasteiger partial charge is 0.356 e. The Bertz CT molecular complexity index is 483. The standard InChI is InChI=1S/C12H15N3O3/c1-9-7-11(15(17)18)8-14-12(9)5-3-4-6-13-10(2)16/h3,5,7-8H,4,6H2,1-2H3,(H,13,16). The van der Waals surface area contributed by atoms with Crippen LogP contribution >= 0.6 is 0 Å². The molecule has 0 atom stereocenters. The first-order valence-corrected chi connectivity index (χ1v) is 5.52. The molecule has 0 spiro atoms. The van der Waals surface area contributed by atoms with Gasteiger partial charge in [0, 0.05) is 19.5 Å². The van der Waals surface area contributed by atoms with E-state index in [1.165, 1.54) is 19.2 Å². The van der Waals surface area contributed by atoms with E-state index in [-0.39, 0.29) is 11.6 Å². The van der Waals surface area contributed by atoms with Gasteiger partial charge in [0.15, 0.2) is 0 Å². The Morgan fingerprint density at radius 1 is 1.61 bits per heavy atom. The Labute approximate surface area is 105 Å². The van der Waals surface area contributed by atoms with Crippen molar-refractivity contribution in [3.8, 4) is 0 Å². The lowest BCUT2D eigenvalue weighted by Gasteiger charge is -2.00. The van der Waals surface area contributed by atoms with E-state index in [1.54, 1.807) is 13.0 Å². The summed E-state index contributed by atoms with van der Waals surface area (Å²) >= 11 is 0. The molecule has 1 N–H and O–H groups in total. The van der Waals surface area contributed by atoms with Gasteiger partial charge < -0.3 is 5.32 Å². The molecular formula is C12H15N3O3. The van der Waals surface area contributed by atoms with Crippen molar-refractivity contribution in [3.05, 3.63) is 39.7 Å². The van der Waals surface area contributed by atoms with Crippen molar-refractivity contribution in [1.29, 1.82) is 0 Å². The van der Waals surface area contributed by atoms with Crippen molar-refractivity contribution in [3.63, 3.8) is 0 Å². The highest BCUT2D eigenvalue weighted by molar-refractivity contribution is 5.72. The number of pyridine rings is 1. The Hall–Kier alpha value is -2.24. The van der Waals surface area contributed by atoms with Gasteiger partial charge >= 0.3 is 0 Å². The van der Waals surface area contributed by atoms with E-state index in [2.05, 4.69) is 10.3 Å². The molecule has 0 aromatic carbocycles. The van der Waals surface area contributed by atoms with Gasteiger partial charge in [-0.3, -0.25) is 14.9 Å². The van der Waals surface area contributed by atoms with Gasteiger partial charge in [0.05, 0.1) is 10.6 Å². The highest BCUT2D eigenvalue weighted by Gasteiger charge is 2.07. The topological polar surface area (TPSA) is 85.1 Å². The number of amides is 1. The van der Waals surface area contributed by atoms with Crippen molar-refractivity contribution in [2.45, 2.75) is 20.3 Å². The first kappa shape index (κ1) is 13.8. The second-order valence-corrected chi connectivity index (χ2v) is 3.83. The summed E-state index contributed by atoms with van der Waals surface area (Å²) in [6.45, 7) is 3.80. The fourth-order valence-corrected chi connectivity index (χ4v) is 1.37. The highest BCUT2D eigenvalue weighted by atomic mass is 16.6. The van der Waals surface area contributed by atoms with E-state index in [4.69, 9.17) is 0 Å². The average molecular weight is 249 g/mol. The smallest absolute Gasteiger partial charge is 0.287 e. The van der Waals surface area contributed by atoms with Gasteiger partial charge in [0.1, 0.15) is 6.20 Å². The van der Waals surface area contributed by atoms with Gasteiger partial charge in [-0.15, -0.1) is 0 Å². The van der Waals surface area contributed by atoms with Crippen LogP contribution in [-0.4, -0.2) is 22.4 Å². The van der Waals surface area contributed by atoms with Gasteiger partial charge in [-0.05, 0) is 25.0 Å². The second-order valence-electron chi connectivity index (χ2n) is 3.83. The van der Waals surface area contributed by atoms with Gasteiger partial charge in [-0.2, -0.15) is 0 Å². The molecule has 0 aliphatic rings. The normalized spacial score (nSPS) is 10.6. The summed E-state index contributed by atoms with van der Waals surface area (Å²) in [6.07, 6.45) is 5.59. The zero-order chi connectivity index (χ0) is 13.5. The third-order valence-corrected chi connectivity index (χ3v) is 2.28. The number of rotatable bonds is 5. The van der Waals surface area contributed by atoms with Gasteiger partial charge in [0.2, 0.25) is 5.91 Å². The van der Waals surface area contributed by atoms with Crippen LogP contribution in [-0.2, 0) is 4.79 Å². The maximum absolute atomic E-state index is 10.6. The molecule has 1 amide bonds. The summed E-state index contributed by atoms with van der Waals surface area (Å²) in [4.78, 5) is 24.7. The summed E-state index contributed by atoms with van der Waals surface area (Å²) in [5.74, 6) is -0.0620. The molecule has 0 fully saturated rings. The maximum atomic E-state index is 10.6. The number of aryl methyl sites for hydroxylation is 1. The summed E-state index contributed by atoms with van der Waals surface area (Å²) in [5.41, 5.74) is 1.44. The average Bonchev–Trinajstić information content (AvgIpc) is 2.29. The lowest BCUT2D eigenvalue weighted by atomic mass is 10.2. The maximum Gasteiger partial charge on any atom is 0.287 e. The van der Waals surface area contributed by atoms with Crippen molar-refractivity contribution in [2.75, 3.05) is 6.54 Å². The molecule has 1 aromatic rings. The molecule has 0 aliphatic carbocycles. The van der Waals surface area contributed by atoms with Crippen molar-refractivity contribution >= 4 is 17.7 Å². The van der Waals surface area contributed by atoms with Crippen LogP contribution in [0.5, 0.6) is 0 Å². The number of nitrogens with zero attached hydrogens (tertiary/aromatic N) is 2. The number of carbonyl (C=O) groups is 1. The lowest BCUT2D eigenvalue weighted by Crippen LogP contribution is -2.20. The van der Waals surface area contributed by atoms with Crippen LogP contribution < -0.4 is 5.32 Å². The first-order valence-electron chi connectivity index (χ1n) is 5.52. The van der Waals surface area contributed by atoms with Crippen LogP contribution in [0.2, 0.25) is 0 Å². The van der Waals surface area contributed by atoms with Gasteiger partial charge in [-0.25, -0.2) is 4.98 Å². The molecule has 1 aromatic heterocycles. The monoisotopic (exact) mass is 249 g/mol. The molecule has 0 radical (unpaired) electrons. The van der Waals surface area contributed by atoms with E-state index >= 15 is 0 Å². The van der Waals surface area contributed by atoms with E-state index in [1.807, 2.05) is 6.08 Å². The van der Waals surface area contributed by atoms with Gasteiger partial charge in [0.25, 0.3) is 5.69 Å². The number of hydrogen-bond acceptors (Lipinski definition) is 4. The highest BCUT2D eigenvalue weighted by Crippen LogP contribution is 2.15. The van der Waals surface area contributed by atoms with Crippen LogP contribution in [0.15, 0.2) is 18.3 Å². The third-order valence-electron chi connectivity index (χ3n) is 2.28. The zero-order valence-corrected chi connectivity index (χ0v) is 10.3. The van der Waals surface area contributed by atoms with Crippen LogP contribution in [0.1, 0.15) is 24.6 Å². The van der Waals surface area contributed by atoms with Crippen molar-refractivity contribution < 1.29 is 9.72 Å². The molecule has 1 rings (SSSR count). The lowest BCUT2D eigenvalue weighted by molar-refractivity contribution is -0.385. The fraction of sp³-hybridized carbons (Fsp3) is 0.333. The van der Waals surface area contributed by atoms with E-state index in [9.17, 15) is 14.9 Å². The summed E-state index contributed by atoms with van der Waals surface area (Å²) in [5, 5.41) is 13.2. The summed E-state index contributed by atoms with van der Waals surface area (Å²) < 4.78 is 0.